The second-order valence-electron chi connectivity index (χ2n) is 3.74. The number of esters is 1. The minimum atomic E-state index is -0.574. The summed E-state index contributed by atoms with van der Waals surface area (Å²) in [5, 5.41) is 3.49. The van der Waals surface area contributed by atoms with Crippen molar-refractivity contribution in [2.24, 2.45) is 10.8 Å². The number of benzene rings is 1. The van der Waals surface area contributed by atoms with Crippen molar-refractivity contribution in [3.05, 3.63) is 45.8 Å². The molecule has 0 heterocycles. The minimum Gasteiger partial charge on any atom is -0.465 e. The zero-order valence-electron chi connectivity index (χ0n) is 10.7. The quantitative estimate of drug-likeness (QED) is 0.351. The molecule has 0 bridgehead atoms. The molecule has 7 nitrogen and oxygen atoms in total. The molecule has 0 saturated heterocycles. The summed E-state index contributed by atoms with van der Waals surface area (Å²) in [7, 11) is 1.33. The number of hydrogen-bond acceptors (Lipinski definition) is 5. The third-order valence-electron chi connectivity index (χ3n) is 2.41. The average molecular weight is 264 g/mol. The fourth-order valence-corrected chi connectivity index (χ4v) is 1.42. The molecule has 1 aromatic rings. The summed E-state index contributed by atoms with van der Waals surface area (Å²) in [6, 6.07) is 6.80. The van der Waals surface area contributed by atoms with Gasteiger partial charge >= 0.3 is 5.97 Å². The van der Waals surface area contributed by atoms with E-state index in [-0.39, 0.29) is 12.6 Å². The van der Waals surface area contributed by atoms with Crippen molar-refractivity contribution >= 4 is 5.97 Å². The number of nitrogens with zero attached hydrogens (tertiary/aromatic N) is 3. The first-order chi connectivity index (χ1) is 9.21. The van der Waals surface area contributed by atoms with Crippen LogP contribution in [-0.2, 0) is 16.1 Å². The summed E-state index contributed by atoms with van der Waals surface area (Å²) in [4.78, 5) is 13.9. The molecule has 1 unspecified atom stereocenters. The highest BCUT2D eigenvalue weighted by molar-refractivity contribution is 5.89. The maximum Gasteiger partial charge on any atom is 0.337 e. The van der Waals surface area contributed by atoms with Crippen LogP contribution in [-0.4, -0.2) is 25.9 Å². The van der Waals surface area contributed by atoms with Gasteiger partial charge in [0.25, 0.3) is 0 Å². The van der Waals surface area contributed by atoms with E-state index in [1.807, 2.05) is 0 Å². The Morgan fingerprint density at radius 3 is 2.68 bits per heavy atom. The molecule has 0 aliphatic heterocycles. The molecule has 1 atom stereocenters. The monoisotopic (exact) mass is 264 g/mol. The summed E-state index contributed by atoms with van der Waals surface area (Å²) < 4.78 is 10.0. The lowest BCUT2D eigenvalue weighted by molar-refractivity contribution is 0.0413. The molecule has 1 rings (SSSR count). The van der Waals surface area contributed by atoms with Crippen LogP contribution in [0.2, 0.25) is 0 Å². The molecule has 19 heavy (non-hydrogen) atoms. The highest BCUT2D eigenvalue weighted by Gasteiger charge is 2.07. The topological polar surface area (TPSA) is 110 Å². The maximum absolute atomic E-state index is 11.2. The molecule has 102 valence electrons. The third kappa shape index (κ3) is 4.97. The second kappa shape index (κ2) is 8.10. The number of methoxy groups -OCH3 is 1. The van der Waals surface area contributed by atoms with Crippen molar-refractivity contribution in [1.82, 2.24) is 0 Å². The average Bonchev–Trinajstić information content (AvgIpc) is 2.45. The van der Waals surface area contributed by atoms with Gasteiger partial charge in [0.2, 0.25) is 0 Å². The van der Waals surface area contributed by atoms with Gasteiger partial charge in [-0.25, -0.2) is 4.79 Å². The van der Waals surface area contributed by atoms with Crippen LogP contribution in [0.3, 0.4) is 0 Å². The molecule has 0 aliphatic rings. The van der Waals surface area contributed by atoms with E-state index >= 15 is 0 Å². The van der Waals surface area contributed by atoms with Crippen molar-refractivity contribution in [1.29, 1.82) is 0 Å². The molecule has 0 saturated carbocycles. The second-order valence-corrected chi connectivity index (χ2v) is 3.74. The summed E-state index contributed by atoms with van der Waals surface area (Å²) >= 11 is 0. The largest absolute Gasteiger partial charge is 0.465 e. The highest BCUT2D eigenvalue weighted by atomic mass is 16.5. The number of nitrogens with two attached hydrogens (primary N) is 1. The molecule has 0 radical (unpaired) electrons. The van der Waals surface area contributed by atoms with Gasteiger partial charge < -0.3 is 15.2 Å². The fourth-order valence-electron chi connectivity index (χ4n) is 1.42. The zero-order chi connectivity index (χ0) is 14.1. The van der Waals surface area contributed by atoms with Crippen LogP contribution in [0.4, 0.5) is 0 Å². The van der Waals surface area contributed by atoms with Crippen LogP contribution in [0.15, 0.2) is 29.4 Å². The van der Waals surface area contributed by atoms with Crippen LogP contribution in [0.5, 0.6) is 0 Å². The Kier molecular flexibility index (Phi) is 6.38. The van der Waals surface area contributed by atoms with Gasteiger partial charge in [-0.05, 0) is 36.2 Å². The van der Waals surface area contributed by atoms with Crippen LogP contribution in [0.25, 0.3) is 10.4 Å². The molecule has 1 aromatic carbocycles. The Morgan fingerprint density at radius 1 is 1.47 bits per heavy atom. The lowest BCUT2D eigenvalue weighted by Gasteiger charge is -2.11. The summed E-state index contributed by atoms with van der Waals surface area (Å²) in [6.07, 6.45) is -0.111. The fraction of sp³-hybridized carbons (Fsp3) is 0.417. The van der Waals surface area contributed by atoms with Gasteiger partial charge in [-0.3, -0.25) is 0 Å². The lowest BCUT2D eigenvalue weighted by atomic mass is 10.1. The molecule has 7 heteroatoms. The van der Waals surface area contributed by atoms with Crippen molar-refractivity contribution < 1.29 is 14.3 Å². The van der Waals surface area contributed by atoms with Crippen LogP contribution in [0, 0.1) is 0 Å². The van der Waals surface area contributed by atoms with Gasteiger partial charge in [0.1, 0.15) is 6.23 Å². The molecular weight excluding hydrogens is 248 g/mol. The molecule has 0 fully saturated rings. The number of azide groups is 1. The van der Waals surface area contributed by atoms with Crippen LogP contribution in [0.1, 0.15) is 22.3 Å². The molecule has 0 spiro atoms. The molecular formula is C12H16N4O3. The molecule has 0 aliphatic carbocycles. The number of ether oxygens (including phenoxy) is 2. The van der Waals surface area contributed by atoms with E-state index in [0.29, 0.717) is 18.5 Å². The molecule has 2 N–H and O–H groups in total. The van der Waals surface area contributed by atoms with Crippen LogP contribution >= 0.6 is 0 Å². The van der Waals surface area contributed by atoms with Gasteiger partial charge in [-0.2, -0.15) is 0 Å². The van der Waals surface area contributed by atoms with Gasteiger partial charge in [0, 0.05) is 4.91 Å². The van der Waals surface area contributed by atoms with Crippen LogP contribution < -0.4 is 5.73 Å². The molecule has 0 amide bonds. The Bertz CT molecular complexity index is 455. The Morgan fingerprint density at radius 2 is 2.16 bits per heavy atom. The van der Waals surface area contributed by atoms with Crippen molar-refractivity contribution in [3.63, 3.8) is 0 Å². The Labute approximate surface area is 110 Å². The smallest absolute Gasteiger partial charge is 0.337 e. The van der Waals surface area contributed by atoms with Gasteiger partial charge in [-0.1, -0.05) is 17.2 Å². The zero-order valence-corrected chi connectivity index (χ0v) is 10.7. The van der Waals surface area contributed by atoms with Gasteiger partial charge in [0.15, 0.2) is 0 Å². The Hall–Kier alpha value is -2.08. The number of carbonyl (C=O) groups is 1. The first-order valence-electron chi connectivity index (χ1n) is 5.74. The normalized spacial score (nSPS) is 11.5. The predicted octanol–water partition coefficient (Wildman–Crippen LogP) is 1.97. The van der Waals surface area contributed by atoms with Crippen molar-refractivity contribution in [2.75, 3.05) is 13.7 Å². The standard InChI is InChI=1S/C12H16N4O3/c1-18-12(17)10-4-2-9(3-5-10)8-19-11(6-7-13)15-16-14/h2-5,11H,6-8,13H2,1H3. The minimum absolute atomic E-state index is 0.283. The number of rotatable bonds is 7. The van der Waals surface area contributed by atoms with Crippen molar-refractivity contribution in [3.8, 4) is 0 Å². The number of hydrogen-bond donors (Lipinski definition) is 1. The Balaban J connectivity index is 2.57. The summed E-state index contributed by atoms with van der Waals surface area (Å²) in [5.41, 5.74) is 15.1. The van der Waals surface area contributed by atoms with E-state index in [9.17, 15) is 4.79 Å². The van der Waals surface area contributed by atoms with E-state index in [0.717, 1.165) is 5.56 Å². The van der Waals surface area contributed by atoms with Gasteiger partial charge in [-0.15, -0.1) is 0 Å². The first-order valence-corrected chi connectivity index (χ1v) is 5.74. The van der Waals surface area contributed by atoms with E-state index in [1.54, 1.807) is 24.3 Å². The summed E-state index contributed by atoms with van der Waals surface area (Å²) in [6.45, 7) is 0.663. The highest BCUT2D eigenvalue weighted by Crippen LogP contribution is 2.09. The lowest BCUT2D eigenvalue weighted by Crippen LogP contribution is -2.15. The van der Waals surface area contributed by atoms with E-state index in [2.05, 4.69) is 14.8 Å². The van der Waals surface area contributed by atoms with E-state index in [1.165, 1.54) is 7.11 Å². The third-order valence-corrected chi connectivity index (χ3v) is 2.41. The predicted molar refractivity (Wildman–Crippen MR) is 69.2 cm³/mol. The SMILES string of the molecule is COC(=O)c1ccc(COC(CCN)N=[N+]=[N-])cc1. The maximum atomic E-state index is 11.2. The summed E-state index contributed by atoms with van der Waals surface area (Å²) in [5.74, 6) is -0.387. The van der Waals surface area contributed by atoms with E-state index in [4.69, 9.17) is 16.0 Å². The van der Waals surface area contributed by atoms with Crippen molar-refractivity contribution in [2.45, 2.75) is 19.3 Å². The van der Waals surface area contributed by atoms with E-state index < -0.39 is 6.23 Å². The molecule has 0 aromatic heterocycles. The first kappa shape index (κ1) is 15.0. The van der Waals surface area contributed by atoms with Gasteiger partial charge in [0.05, 0.1) is 19.3 Å². The number of carbonyl (C=O) groups excluding carboxylic acids is 1.